The number of halogens is 1. The van der Waals surface area contributed by atoms with Crippen LogP contribution in [0.2, 0.25) is 5.02 Å². The van der Waals surface area contributed by atoms with Crippen LogP contribution in [-0.4, -0.2) is 70.6 Å². The molecule has 0 aliphatic carbocycles. The standard InChI is InChI=1S/C25H23ClN6O6S/c1-15-11-17(5-6-32(15)35)18-13-27-23(28-14-18)25(34)30-7-9-31(10-8-30)39(36,37)24-22(38-16(2)33)20-12-19(26)3-4-21(20)29-24/h3-6,11-14,29H,7-10H2,1-2H3. The predicted molar refractivity (Wildman–Crippen MR) is 140 cm³/mol. The number of hydrogen-bond donors (Lipinski definition) is 1. The number of nitrogens with zero attached hydrogens (tertiary/aromatic N) is 5. The van der Waals surface area contributed by atoms with Crippen LogP contribution in [0, 0.1) is 12.1 Å². The van der Waals surface area contributed by atoms with E-state index in [0.29, 0.717) is 27.2 Å². The van der Waals surface area contributed by atoms with Crippen LogP contribution >= 0.6 is 11.6 Å². The Bertz CT molecular complexity index is 1700. The van der Waals surface area contributed by atoms with Crippen LogP contribution in [0.25, 0.3) is 22.0 Å². The second kappa shape index (κ2) is 10.2. The Morgan fingerprint density at radius 2 is 1.77 bits per heavy atom. The van der Waals surface area contributed by atoms with Gasteiger partial charge in [0.1, 0.15) is 0 Å². The Morgan fingerprint density at radius 3 is 2.41 bits per heavy atom. The molecule has 4 heterocycles. The lowest BCUT2D eigenvalue weighted by Crippen LogP contribution is -2.50. The molecule has 1 saturated heterocycles. The molecule has 1 aromatic carbocycles. The molecule has 202 valence electrons. The second-order valence-electron chi connectivity index (χ2n) is 8.94. The van der Waals surface area contributed by atoms with Gasteiger partial charge in [0.25, 0.3) is 15.9 Å². The van der Waals surface area contributed by atoms with Crippen LogP contribution in [0.5, 0.6) is 5.75 Å². The Hall–Kier alpha value is -4.07. The summed E-state index contributed by atoms with van der Waals surface area (Å²) in [5.74, 6) is -1.25. The zero-order chi connectivity index (χ0) is 27.9. The molecule has 0 spiro atoms. The fourth-order valence-corrected chi connectivity index (χ4v) is 6.01. The highest BCUT2D eigenvalue weighted by molar-refractivity contribution is 7.89. The Balaban J connectivity index is 1.31. The van der Waals surface area contributed by atoms with Gasteiger partial charge in [0.05, 0.1) is 5.52 Å². The van der Waals surface area contributed by atoms with Crippen LogP contribution < -0.4 is 9.47 Å². The lowest BCUT2D eigenvalue weighted by molar-refractivity contribution is -0.612. The van der Waals surface area contributed by atoms with Crippen molar-refractivity contribution in [3.05, 3.63) is 70.7 Å². The monoisotopic (exact) mass is 570 g/mol. The molecule has 0 saturated carbocycles. The molecule has 0 bridgehead atoms. The summed E-state index contributed by atoms with van der Waals surface area (Å²) < 4.78 is 34.3. The van der Waals surface area contributed by atoms with Crippen molar-refractivity contribution in [1.29, 1.82) is 0 Å². The summed E-state index contributed by atoms with van der Waals surface area (Å²) in [5, 5.41) is 12.0. The minimum absolute atomic E-state index is 0.0142. The summed E-state index contributed by atoms with van der Waals surface area (Å²) in [5.41, 5.74) is 2.34. The maximum Gasteiger partial charge on any atom is 0.308 e. The van der Waals surface area contributed by atoms with Gasteiger partial charge in [-0.3, -0.25) is 9.59 Å². The van der Waals surface area contributed by atoms with Crippen molar-refractivity contribution < 1.29 is 27.5 Å². The number of carbonyl (C=O) groups excluding carboxylic acids is 2. The first-order chi connectivity index (χ1) is 18.5. The number of amides is 1. The number of esters is 1. The predicted octanol–water partition coefficient (Wildman–Crippen LogP) is 2.29. The van der Waals surface area contributed by atoms with Gasteiger partial charge in [-0.25, -0.2) is 18.4 Å². The number of H-pyrrole nitrogens is 1. The number of sulfonamides is 1. The quantitative estimate of drug-likeness (QED) is 0.218. The maximum atomic E-state index is 13.5. The first-order valence-electron chi connectivity index (χ1n) is 11.9. The molecule has 14 heteroatoms. The first-order valence-corrected chi connectivity index (χ1v) is 13.7. The number of piperazine rings is 1. The van der Waals surface area contributed by atoms with Crippen LogP contribution in [0.15, 0.2) is 53.9 Å². The van der Waals surface area contributed by atoms with E-state index in [1.807, 2.05) is 0 Å². The summed E-state index contributed by atoms with van der Waals surface area (Å²) in [6.45, 7) is 3.11. The fourth-order valence-electron chi connectivity index (χ4n) is 4.31. The van der Waals surface area contributed by atoms with E-state index >= 15 is 0 Å². The van der Waals surface area contributed by atoms with Gasteiger partial charge in [0.15, 0.2) is 22.7 Å². The van der Waals surface area contributed by atoms with E-state index in [0.717, 1.165) is 10.3 Å². The summed E-state index contributed by atoms with van der Waals surface area (Å²) in [6, 6.07) is 8.04. The number of aryl methyl sites for hydroxylation is 1. The second-order valence-corrected chi connectivity index (χ2v) is 11.3. The van der Waals surface area contributed by atoms with E-state index in [4.69, 9.17) is 16.3 Å². The number of aromatic nitrogens is 4. The molecule has 4 aromatic rings. The van der Waals surface area contributed by atoms with E-state index in [2.05, 4.69) is 15.0 Å². The number of fused-ring (bicyclic) bond motifs is 1. The average Bonchev–Trinajstić information content (AvgIpc) is 3.27. The molecule has 1 amide bonds. The van der Waals surface area contributed by atoms with Gasteiger partial charge >= 0.3 is 5.97 Å². The Labute approximate surface area is 228 Å². The highest BCUT2D eigenvalue weighted by atomic mass is 35.5. The number of ether oxygens (including phenoxy) is 1. The van der Waals surface area contributed by atoms with E-state index in [-0.39, 0.29) is 42.8 Å². The summed E-state index contributed by atoms with van der Waals surface area (Å²) in [7, 11) is -4.11. The summed E-state index contributed by atoms with van der Waals surface area (Å²) >= 11 is 6.07. The molecular formula is C25H23ClN6O6S. The SMILES string of the molecule is CC(=O)Oc1c(S(=O)(=O)N2CCN(C(=O)c3ncc(-c4cc[n+]([O-])c(C)c4)cn3)CC2)[nH]c2ccc(Cl)cc12. The molecule has 1 aliphatic heterocycles. The molecule has 1 aliphatic rings. The third kappa shape index (κ3) is 5.15. The van der Waals surface area contributed by atoms with Crippen molar-refractivity contribution in [2.75, 3.05) is 26.2 Å². The summed E-state index contributed by atoms with van der Waals surface area (Å²) in [6.07, 6.45) is 4.39. The van der Waals surface area contributed by atoms with Crippen LogP contribution in [0.4, 0.5) is 0 Å². The number of hydrogen-bond acceptors (Lipinski definition) is 8. The molecule has 39 heavy (non-hydrogen) atoms. The topological polar surface area (TPSA) is 152 Å². The highest BCUT2D eigenvalue weighted by Crippen LogP contribution is 2.36. The normalized spacial score (nSPS) is 14.5. The molecule has 3 aromatic heterocycles. The Morgan fingerprint density at radius 1 is 1.08 bits per heavy atom. The molecule has 5 rings (SSSR count). The van der Waals surface area contributed by atoms with Crippen molar-refractivity contribution >= 4 is 44.4 Å². The van der Waals surface area contributed by atoms with Crippen LogP contribution in [-0.2, 0) is 14.8 Å². The van der Waals surface area contributed by atoms with Gasteiger partial charge in [-0.15, -0.1) is 0 Å². The zero-order valence-electron chi connectivity index (χ0n) is 20.9. The average molecular weight is 571 g/mol. The number of carbonyl (C=O) groups is 2. The molecule has 12 nitrogen and oxygen atoms in total. The molecular weight excluding hydrogens is 548 g/mol. The minimum atomic E-state index is -4.11. The zero-order valence-corrected chi connectivity index (χ0v) is 22.5. The van der Waals surface area contributed by atoms with E-state index in [1.54, 1.807) is 31.2 Å². The first kappa shape index (κ1) is 26.5. The molecule has 0 unspecified atom stereocenters. The number of benzene rings is 1. The third-order valence-corrected chi connectivity index (χ3v) is 8.41. The van der Waals surface area contributed by atoms with Gasteiger partial charge in [-0.2, -0.15) is 9.04 Å². The number of nitrogens with one attached hydrogen (secondary N) is 1. The molecule has 1 fully saturated rings. The lowest BCUT2D eigenvalue weighted by atomic mass is 10.1. The lowest BCUT2D eigenvalue weighted by Gasteiger charge is -2.33. The number of aromatic amines is 1. The maximum absolute atomic E-state index is 13.5. The smallest absolute Gasteiger partial charge is 0.308 e. The van der Waals surface area contributed by atoms with Crippen LogP contribution in [0.3, 0.4) is 0 Å². The van der Waals surface area contributed by atoms with Crippen molar-refractivity contribution in [1.82, 2.24) is 24.2 Å². The largest absolute Gasteiger partial charge is 0.619 e. The highest BCUT2D eigenvalue weighted by Gasteiger charge is 2.35. The van der Waals surface area contributed by atoms with Gasteiger partial charge < -0.3 is 19.8 Å². The Kier molecular flexibility index (Phi) is 6.97. The van der Waals surface area contributed by atoms with Crippen LogP contribution in [0.1, 0.15) is 23.2 Å². The van der Waals surface area contributed by atoms with Crippen molar-refractivity contribution in [3.8, 4) is 16.9 Å². The van der Waals surface area contributed by atoms with Gasteiger partial charge in [0.2, 0.25) is 5.82 Å². The fraction of sp³-hybridized carbons (Fsp3) is 0.240. The minimum Gasteiger partial charge on any atom is -0.619 e. The molecule has 1 N–H and O–H groups in total. The summed E-state index contributed by atoms with van der Waals surface area (Å²) in [4.78, 5) is 37.4. The van der Waals surface area contributed by atoms with E-state index in [9.17, 15) is 23.2 Å². The van der Waals surface area contributed by atoms with Gasteiger partial charge in [-0.05, 0) is 23.8 Å². The van der Waals surface area contributed by atoms with E-state index in [1.165, 1.54) is 40.8 Å². The van der Waals surface area contributed by atoms with Crippen molar-refractivity contribution in [2.24, 2.45) is 0 Å². The van der Waals surface area contributed by atoms with Crippen molar-refractivity contribution in [3.63, 3.8) is 0 Å². The van der Waals surface area contributed by atoms with Gasteiger partial charge in [0, 0.05) is 80.5 Å². The number of pyridine rings is 1. The van der Waals surface area contributed by atoms with Crippen molar-refractivity contribution in [2.45, 2.75) is 18.9 Å². The molecule has 0 radical (unpaired) electrons. The third-order valence-electron chi connectivity index (χ3n) is 6.33. The van der Waals surface area contributed by atoms with Gasteiger partial charge in [-0.1, -0.05) is 11.6 Å². The van der Waals surface area contributed by atoms with E-state index < -0.39 is 21.9 Å². The molecule has 0 atom stereocenters. The number of rotatable bonds is 5.